The molecule has 0 aromatic rings. The lowest BCUT2D eigenvalue weighted by atomic mass is 10.6. The second-order valence-corrected chi connectivity index (χ2v) is 2.88. The molecule has 0 unspecified atom stereocenters. The molecule has 52 valence electrons. The smallest absolute Gasteiger partial charge is 0.176 e. The molecule has 0 aliphatic heterocycles. The predicted molar refractivity (Wildman–Crippen MR) is 41.2 cm³/mol. The Balaban J connectivity index is 2.69. The third kappa shape index (κ3) is 7.64. The van der Waals surface area contributed by atoms with E-state index in [0.29, 0.717) is 0 Å². The van der Waals surface area contributed by atoms with Gasteiger partial charge in [-0.15, -0.1) is 0 Å². The van der Waals surface area contributed by atoms with Gasteiger partial charge in [0.1, 0.15) is 0 Å². The van der Waals surface area contributed by atoms with E-state index in [-0.39, 0.29) is 0 Å². The Morgan fingerprint density at radius 2 is 2.33 bits per heavy atom. The summed E-state index contributed by atoms with van der Waals surface area (Å²) in [7, 11) is 0. The number of nitrogens with one attached hydrogen (secondary N) is 1. The van der Waals surface area contributed by atoms with Crippen molar-refractivity contribution in [2.45, 2.75) is 13.3 Å². The molecule has 1 N–H and O–H groups in total. The molecule has 0 rings (SSSR count). The maximum absolute atomic E-state index is 8.05. The largest absolute Gasteiger partial charge is 0.323 e. The number of thioether (sulfide) groups is 1. The van der Waals surface area contributed by atoms with Crippen molar-refractivity contribution in [3.05, 3.63) is 0 Å². The molecule has 3 heteroatoms. The molecule has 0 radical (unpaired) electrons. The summed E-state index contributed by atoms with van der Waals surface area (Å²) in [5, 5.41) is 10.6. The highest BCUT2D eigenvalue weighted by molar-refractivity contribution is 7.99. The van der Waals surface area contributed by atoms with E-state index in [1.165, 1.54) is 12.2 Å². The first kappa shape index (κ1) is 8.64. The molecule has 0 atom stereocenters. The second kappa shape index (κ2) is 7.64. The average molecular weight is 144 g/mol. The van der Waals surface area contributed by atoms with Crippen molar-refractivity contribution in [1.82, 2.24) is 5.32 Å². The standard InChI is InChI=1S/C6H12N2S/c1-2-4-9-5-3-8-6-7/h8H,2-5H2,1H3. The van der Waals surface area contributed by atoms with Crippen LogP contribution in [0.1, 0.15) is 13.3 Å². The molecule has 0 saturated carbocycles. The van der Waals surface area contributed by atoms with E-state index in [2.05, 4.69) is 12.2 Å². The molecule has 2 nitrogen and oxygen atoms in total. The summed E-state index contributed by atoms with van der Waals surface area (Å²) < 4.78 is 0. The van der Waals surface area contributed by atoms with E-state index in [1.54, 1.807) is 0 Å². The Kier molecular flexibility index (Phi) is 7.33. The van der Waals surface area contributed by atoms with Gasteiger partial charge in [-0.3, -0.25) is 0 Å². The predicted octanol–water partition coefficient (Wildman–Crippen LogP) is 1.20. The highest BCUT2D eigenvalue weighted by Gasteiger charge is 1.83. The van der Waals surface area contributed by atoms with Crippen LogP contribution in [0.25, 0.3) is 0 Å². The minimum Gasteiger partial charge on any atom is -0.323 e. The first-order valence-corrected chi connectivity index (χ1v) is 4.27. The molecule has 0 aliphatic carbocycles. The van der Waals surface area contributed by atoms with Crippen LogP contribution in [0, 0.1) is 11.5 Å². The molecular formula is C6H12N2S. The van der Waals surface area contributed by atoms with Crippen molar-refractivity contribution in [2.75, 3.05) is 18.1 Å². The quantitative estimate of drug-likeness (QED) is 0.358. The first-order valence-electron chi connectivity index (χ1n) is 3.11. The molecular weight excluding hydrogens is 132 g/mol. The van der Waals surface area contributed by atoms with Gasteiger partial charge in [0.25, 0.3) is 0 Å². The van der Waals surface area contributed by atoms with Crippen LogP contribution in [-0.2, 0) is 0 Å². The number of hydrogen-bond donors (Lipinski definition) is 1. The van der Waals surface area contributed by atoms with Gasteiger partial charge in [-0.05, 0) is 12.2 Å². The maximum atomic E-state index is 8.05. The van der Waals surface area contributed by atoms with Gasteiger partial charge in [-0.1, -0.05) is 6.92 Å². The molecule has 0 fully saturated rings. The molecule has 0 bridgehead atoms. The minimum absolute atomic E-state index is 0.807. The van der Waals surface area contributed by atoms with E-state index in [1.807, 2.05) is 18.0 Å². The van der Waals surface area contributed by atoms with Crippen molar-refractivity contribution >= 4 is 11.8 Å². The second-order valence-electron chi connectivity index (χ2n) is 1.65. The number of hydrogen-bond acceptors (Lipinski definition) is 3. The van der Waals surface area contributed by atoms with Gasteiger partial charge >= 0.3 is 0 Å². The van der Waals surface area contributed by atoms with E-state index in [4.69, 9.17) is 5.26 Å². The van der Waals surface area contributed by atoms with Crippen molar-refractivity contribution in [1.29, 1.82) is 5.26 Å². The molecule has 0 aliphatic rings. The maximum Gasteiger partial charge on any atom is 0.176 e. The summed E-state index contributed by atoms with van der Waals surface area (Å²) in [6.45, 7) is 2.96. The van der Waals surface area contributed by atoms with E-state index < -0.39 is 0 Å². The highest BCUT2D eigenvalue weighted by Crippen LogP contribution is 1.98. The van der Waals surface area contributed by atoms with Gasteiger partial charge < -0.3 is 5.32 Å². The summed E-state index contributed by atoms with van der Waals surface area (Å²) in [4.78, 5) is 0. The lowest BCUT2D eigenvalue weighted by Crippen LogP contribution is -2.09. The summed E-state index contributed by atoms with van der Waals surface area (Å²) in [6.07, 6.45) is 3.10. The summed E-state index contributed by atoms with van der Waals surface area (Å²) in [5.41, 5.74) is 0. The van der Waals surface area contributed by atoms with Gasteiger partial charge in [-0.2, -0.15) is 17.0 Å². The Bertz CT molecular complexity index is 87.5. The third-order valence-corrected chi connectivity index (χ3v) is 1.99. The van der Waals surface area contributed by atoms with E-state index >= 15 is 0 Å². The topological polar surface area (TPSA) is 35.8 Å². The molecule has 0 heterocycles. The molecule has 0 aromatic carbocycles. The Morgan fingerprint density at radius 3 is 2.89 bits per heavy atom. The monoisotopic (exact) mass is 144 g/mol. The van der Waals surface area contributed by atoms with Crippen molar-refractivity contribution in [3.8, 4) is 6.19 Å². The molecule has 0 saturated heterocycles. The van der Waals surface area contributed by atoms with Crippen LogP contribution < -0.4 is 5.32 Å². The fraction of sp³-hybridized carbons (Fsp3) is 0.833. The summed E-state index contributed by atoms with van der Waals surface area (Å²) >= 11 is 1.88. The van der Waals surface area contributed by atoms with Crippen molar-refractivity contribution < 1.29 is 0 Å². The average Bonchev–Trinajstić information content (AvgIpc) is 1.89. The SMILES string of the molecule is CCCSCCNC#N. The fourth-order valence-corrected chi connectivity index (χ4v) is 1.16. The van der Waals surface area contributed by atoms with Crippen LogP contribution in [0.5, 0.6) is 0 Å². The zero-order valence-electron chi connectivity index (χ0n) is 5.68. The Hall–Kier alpha value is -0.360. The normalized spacial score (nSPS) is 8.44. The van der Waals surface area contributed by atoms with Crippen molar-refractivity contribution in [2.24, 2.45) is 0 Å². The van der Waals surface area contributed by atoms with Crippen LogP contribution >= 0.6 is 11.8 Å². The first-order chi connectivity index (χ1) is 4.41. The van der Waals surface area contributed by atoms with Gasteiger partial charge in [0.2, 0.25) is 0 Å². The van der Waals surface area contributed by atoms with Gasteiger partial charge in [-0.25, -0.2) is 0 Å². The highest BCUT2D eigenvalue weighted by atomic mass is 32.2. The van der Waals surface area contributed by atoms with Crippen LogP contribution in [-0.4, -0.2) is 18.1 Å². The lowest BCUT2D eigenvalue weighted by molar-refractivity contribution is 0.941. The lowest BCUT2D eigenvalue weighted by Gasteiger charge is -1.95. The van der Waals surface area contributed by atoms with Gasteiger partial charge in [0.05, 0.1) is 0 Å². The third-order valence-electron chi connectivity index (χ3n) is 0.799. The zero-order valence-corrected chi connectivity index (χ0v) is 6.50. The zero-order chi connectivity index (χ0) is 6.95. The van der Waals surface area contributed by atoms with Crippen LogP contribution in [0.3, 0.4) is 0 Å². The summed E-state index contributed by atoms with van der Waals surface area (Å²) in [6, 6.07) is 0. The molecule has 0 amide bonds. The van der Waals surface area contributed by atoms with Crippen molar-refractivity contribution in [3.63, 3.8) is 0 Å². The van der Waals surface area contributed by atoms with Crippen LogP contribution in [0.2, 0.25) is 0 Å². The van der Waals surface area contributed by atoms with E-state index in [0.717, 1.165) is 12.3 Å². The van der Waals surface area contributed by atoms with Gasteiger partial charge in [0.15, 0.2) is 6.19 Å². The molecule has 0 aromatic heterocycles. The minimum atomic E-state index is 0.807. The van der Waals surface area contributed by atoms with Crippen LogP contribution in [0.15, 0.2) is 0 Å². The molecule has 9 heavy (non-hydrogen) atoms. The fourth-order valence-electron chi connectivity index (χ4n) is 0.426. The van der Waals surface area contributed by atoms with E-state index in [9.17, 15) is 0 Å². The number of rotatable bonds is 5. The summed E-state index contributed by atoms with van der Waals surface area (Å²) in [5.74, 6) is 2.24. The Labute approximate surface area is 60.6 Å². The Morgan fingerprint density at radius 1 is 1.56 bits per heavy atom. The van der Waals surface area contributed by atoms with Gasteiger partial charge in [0, 0.05) is 12.3 Å². The molecule has 0 spiro atoms. The number of nitrogens with zero attached hydrogens (tertiary/aromatic N) is 1. The van der Waals surface area contributed by atoms with Crippen LogP contribution in [0.4, 0.5) is 0 Å². The number of nitriles is 1.